The van der Waals surface area contributed by atoms with Crippen molar-refractivity contribution in [1.82, 2.24) is 0 Å². The number of ether oxygens (including phenoxy) is 3. The fourth-order valence-electron chi connectivity index (χ4n) is 6.04. The summed E-state index contributed by atoms with van der Waals surface area (Å²) in [4.78, 5) is 0. The van der Waals surface area contributed by atoms with Crippen LogP contribution in [0.1, 0.15) is 96.1 Å². The van der Waals surface area contributed by atoms with Gasteiger partial charge in [0.05, 0.1) is 12.7 Å². The zero-order valence-electron chi connectivity index (χ0n) is 20.3. The van der Waals surface area contributed by atoms with E-state index in [1.54, 1.807) is 12.1 Å². The van der Waals surface area contributed by atoms with Gasteiger partial charge in [-0.2, -0.15) is 4.39 Å². The molecule has 3 rings (SSSR count). The van der Waals surface area contributed by atoms with Crippen LogP contribution in [0.2, 0.25) is 0 Å². The highest BCUT2D eigenvalue weighted by Crippen LogP contribution is 2.44. The molecule has 2 fully saturated rings. The quantitative estimate of drug-likeness (QED) is 0.367. The van der Waals surface area contributed by atoms with E-state index in [1.165, 1.54) is 58.5 Å². The van der Waals surface area contributed by atoms with Crippen molar-refractivity contribution in [1.29, 1.82) is 0 Å². The molecule has 5 heteroatoms. The Morgan fingerprint density at radius 2 is 1.56 bits per heavy atom. The Bertz CT molecular complexity index is 678. The molecule has 1 aromatic rings. The Balaban J connectivity index is 1.54. The normalized spacial score (nSPS) is 27.2. The molecule has 1 unspecified atom stereocenters. The van der Waals surface area contributed by atoms with Crippen molar-refractivity contribution >= 4 is 0 Å². The fourth-order valence-corrected chi connectivity index (χ4v) is 6.04. The van der Waals surface area contributed by atoms with Crippen LogP contribution in [0, 0.1) is 29.5 Å². The number of hydrogen-bond acceptors (Lipinski definition) is 4. The lowest BCUT2D eigenvalue weighted by molar-refractivity contribution is 0.0427. The molecule has 0 aromatic heterocycles. The summed E-state index contributed by atoms with van der Waals surface area (Å²) in [5.41, 5.74) is 0.486. The van der Waals surface area contributed by atoms with Crippen LogP contribution >= 0.6 is 0 Å². The lowest BCUT2D eigenvalue weighted by Crippen LogP contribution is -2.26. The van der Waals surface area contributed by atoms with E-state index in [0.717, 1.165) is 30.6 Å². The van der Waals surface area contributed by atoms with Gasteiger partial charge in [0.1, 0.15) is 0 Å². The summed E-state index contributed by atoms with van der Waals surface area (Å²) >= 11 is 0. The summed E-state index contributed by atoms with van der Waals surface area (Å²) in [7, 11) is 1.50. The molecule has 32 heavy (non-hydrogen) atoms. The minimum atomic E-state index is -0.752. The largest absolute Gasteiger partial charge is 0.491 e. The molecule has 2 saturated carbocycles. The minimum Gasteiger partial charge on any atom is -0.491 e. The predicted octanol–water partition coefficient (Wildman–Crippen LogP) is 7.04. The summed E-state index contributed by atoms with van der Waals surface area (Å²) in [5.74, 6) is 2.82. The van der Waals surface area contributed by atoms with Crippen LogP contribution in [0.15, 0.2) is 12.1 Å². The van der Waals surface area contributed by atoms with Gasteiger partial charge in [-0.1, -0.05) is 45.4 Å². The second kappa shape index (κ2) is 12.8. The molecule has 4 nitrogen and oxygen atoms in total. The first-order chi connectivity index (χ1) is 15.6. The van der Waals surface area contributed by atoms with E-state index in [1.807, 2.05) is 6.92 Å². The molecule has 0 radical (unpaired) electrons. The number of aliphatic hydroxyl groups is 1. The Kier molecular flexibility index (Phi) is 10.1. The highest BCUT2D eigenvalue weighted by molar-refractivity contribution is 5.44. The van der Waals surface area contributed by atoms with E-state index in [2.05, 4.69) is 6.92 Å². The van der Waals surface area contributed by atoms with E-state index in [9.17, 15) is 9.50 Å². The van der Waals surface area contributed by atoms with Gasteiger partial charge in [-0.3, -0.25) is 0 Å². The fraction of sp³-hybridized carbons (Fsp3) is 0.778. The summed E-state index contributed by atoms with van der Waals surface area (Å²) in [6, 6.07) is 3.31. The molecule has 1 aromatic carbocycles. The average molecular weight is 451 g/mol. The SMILES string of the molecule is CCCC1CCC(C2CCC(CC(O)c3ccc(OCC)c(F)c3OCOC)CC2)CC1. The first-order valence-electron chi connectivity index (χ1n) is 12.8. The summed E-state index contributed by atoms with van der Waals surface area (Å²) < 4.78 is 30.7. The molecule has 0 heterocycles. The maximum atomic E-state index is 14.9. The monoisotopic (exact) mass is 450 g/mol. The van der Waals surface area contributed by atoms with Crippen LogP contribution in [-0.2, 0) is 4.74 Å². The van der Waals surface area contributed by atoms with E-state index in [0.29, 0.717) is 24.5 Å². The molecule has 0 aliphatic heterocycles. The van der Waals surface area contributed by atoms with Crippen molar-refractivity contribution in [3.63, 3.8) is 0 Å². The summed E-state index contributed by atoms with van der Waals surface area (Å²) in [6.07, 6.45) is 13.1. The molecule has 1 N–H and O–H groups in total. The zero-order valence-corrected chi connectivity index (χ0v) is 20.3. The van der Waals surface area contributed by atoms with Crippen LogP contribution in [0.4, 0.5) is 4.39 Å². The highest BCUT2D eigenvalue weighted by atomic mass is 19.1. The number of benzene rings is 1. The van der Waals surface area contributed by atoms with E-state index in [-0.39, 0.29) is 18.3 Å². The molecule has 0 saturated heterocycles. The smallest absolute Gasteiger partial charge is 0.207 e. The number of rotatable bonds is 11. The van der Waals surface area contributed by atoms with Crippen molar-refractivity contribution in [2.45, 2.75) is 90.6 Å². The maximum absolute atomic E-state index is 14.9. The number of hydrogen-bond donors (Lipinski definition) is 1. The van der Waals surface area contributed by atoms with E-state index >= 15 is 0 Å². The van der Waals surface area contributed by atoms with Crippen molar-refractivity contribution in [2.75, 3.05) is 20.5 Å². The van der Waals surface area contributed by atoms with Crippen LogP contribution in [-0.4, -0.2) is 25.6 Å². The molecular formula is C27H43FO4. The molecular weight excluding hydrogens is 407 g/mol. The van der Waals surface area contributed by atoms with Gasteiger partial charge in [-0.25, -0.2) is 0 Å². The van der Waals surface area contributed by atoms with Crippen LogP contribution in [0.3, 0.4) is 0 Å². The van der Waals surface area contributed by atoms with E-state index < -0.39 is 11.9 Å². The Hall–Kier alpha value is -1.33. The van der Waals surface area contributed by atoms with Gasteiger partial charge in [0, 0.05) is 12.7 Å². The van der Waals surface area contributed by atoms with Crippen LogP contribution in [0.5, 0.6) is 11.5 Å². The van der Waals surface area contributed by atoms with Gasteiger partial charge in [-0.15, -0.1) is 0 Å². The van der Waals surface area contributed by atoms with Crippen LogP contribution < -0.4 is 9.47 Å². The average Bonchev–Trinajstić information content (AvgIpc) is 2.81. The van der Waals surface area contributed by atoms with Crippen molar-refractivity contribution in [2.24, 2.45) is 23.7 Å². The standard InChI is InChI=1S/C27H43FO4/c1-4-6-19-7-11-21(12-8-19)22-13-9-20(10-14-22)17-24(29)23-15-16-25(31-5-2)26(28)27(23)32-18-30-3/h15-16,19-22,24,29H,4-14,17-18H2,1-3H3. The molecule has 0 amide bonds. The van der Waals surface area contributed by atoms with E-state index in [4.69, 9.17) is 14.2 Å². The first-order valence-corrected chi connectivity index (χ1v) is 12.8. The number of methoxy groups -OCH3 is 1. The van der Waals surface area contributed by atoms with Gasteiger partial charge in [0.2, 0.25) is 5.82 Å². The van der Waals surface area contributed by atoms with Crippen molar-refractivity contribution < 1.29 is 23.7 Å². The second-order valence-corrected chi connectivity index (χ2v) is 9.88. The van der Waals surface area contributed by atoms with Gasteiger partial charge >= 0.3 is 0 Å². The topological polar surface area (TPSA) is 47.9 Å². The predicted molar refractivity (Wildman–Crippen MR) is 125 cm³/mol. The number of aliphatic hydroxyl groups excluding tert-OH is 1. The molecule has 1 atom stereocenters. The molecule has 182 valence electrons. The third-order valence-electron chi connectivity index (χ3n) is 7.78. The Labute approximate surface area is 193 Å². The van der Waals surface area contributed by atoms with Crippen molar-refractivity contribution in [3.8, 4) is 11.5 Å². The highest BCUT2D eigenvalue weighted by Gasteiger charge is 2.32. The van der Waals surface area contributed by atoms with Gasteiger partial charge in [-0.05, 0) is 74.8 Å². The van der Waals surface area contributed by atoms with Crippen LogP contribution in [0.25, 0.3) is 0 Å². The van der Waals surface area contributed by atoms with Crippen molar-refractivity contribution in [3.05, 3.63) is 23.5 Å². The third-order valence-corrected chi connectivity index (χ3v) is 7.78. The summed E-state index contributed by atoms with van der Waals surface area (Å²) in [6.45, 7) is 4.41. The number of halogens is 1. The van der Waals surface area contributed by atoms with Gasteiger partial charge < -0.3 is 19.3 Å². The zero-order chi connectivity index (χ0) is 22.9. The lowest BCUT2D eigenvalue weighted by atomic mass is 9.68. The Morgan fingerprint density at radius 3 is 2.12 bits per heavy atom. The second-order valence-electron chi connectivity index (χ2n) is 9.88. The first kappa shape index (κ1) is 25.3. The molecule has 2 aliphatic carbocycles. The molecule has 0 bridgehead atoms. The molecule has 2 aliphatic rings. The summed E-state index contributed by atoms with van der Waals surface area (Å²) in [5, 5.41) is 11.0. The third kappa shape index (κ3) is 6.60. The van der Waals surface area contributed by atoms with Gasteiger partial charge in [0.25, 0.3) is 0 Å². The Morgan fingerprint density at radius 1 is 0.938 bits per heavy atom. The lowest BCUT2D eigenvalue weighted by Gasteiger charge is -2.38. The molecule has 0 spiro atoms. The maximum Gasteiger partial charge on any atom is 0.207 e. The minimum absolute atomic E-state index is 0.0443. The van der Waals surface area contributed by atoms with Gasteiger partial charge in [0.15, 0.2) is 18.3 Å².